The van der Waals surface area contributed by atoms with Crippen LogP contribution in [0, 0.1) is 5.92 Å². The molecule has 0 atom stereocenters. The Kier molecular flexibility index (Phi) is 4.31. The van der Waals surface area contributed by atoms with Crippen molar-refractivity contribution in [2.24, 2.45) is 5.92 Å². The number of carbonyl (C=O) groups is 2. The molecule has 2 saturated heterocycles. The van der Waals surface area contributed by atoms with Crippen LogP contribution in [-0.2, 0) is 25.3 Å². The van der Waals surface area contributed by atoms with Gasteiger partial charge in [0.05, 0.1) is 5.75 Å². The van der Waals surface area contributed by atoms with Crippen molar-refractivity contribution in [2.75, 3.05) is 26.2 Å². The second kappa shape index (κ2) is 6.10. The summed E-state index contributed by atoms with van der Waals surface area (Å²) in [7, 11) is -3.41. The first-order valence-electron chi connectivity index (χ1n) is 7.04. The lowest BCUT2D eigenvalue weighted by Crippen LogP contribution is -2.54. The summed E-state index contributed by atoms with van der Waals surface area (Å²) < 4.78 is 30.6. The van der Waals surface area contributed by atoms with Gasteiger partial charge >= 0.3 is 6.09 Å². The zero-order valence-corrected chi connectivity index (χ0v) is 13.7. The van der Waals surface area contributed by atoms with E-state index < -0.39 is 16.1 Å². The smallest absolute Gasteiger partial charge is 0.417 e. The Balaban J connectivity index is 1.54. The van der Waals surface area contributed by atoms with Gasteiger partial charge < -0.3 is 4.74 Å². The normalized spacial score (nSPS) is 19.8. The molecule has 0 radical (unpaired) electrons. The van der Waals surface area contributed by atoms with E-state index in [4.69, 9.17) is 11.6 Å². The summed E-state index contributed by atoms with van der Waals surface area (Å²) in [6, 6.07) is 6.65. The molecule has 9 heteroatoms. The number of cyclic esters (lactones) is 1. The third-order valence-corrected chi connectivity index (χ3v) is 5.90. The highest BCUT2D eigenvalue weighted by atomic mass is 35.5. The fraction of sp³-hybridized carbons (Fsp3) is 0.429. The molecule has 124 valence electrons. The Labute approximate surface area is 138 Å². The summed E-state index contributed by atoms with van der Waals surface area (Å²) in [4.78, 5) is 23.8. The maximum atomic E-state index is 12.3. The highest BCUT2D eigenvalue weighted by Gasteiger charge is 2.40. The van der Waals surface area contributed by atoms with Crippen LogP contribution >= 0.6 is 11.6 Å². The Bertz CT molecular complexity index is 712. The molecule has 1 aromatic carbocycles. The molecule has 2 aliphatic heterocycles. The molecule has 0 bridgehead atoms. The second-order valence-corrected chi connectivity index (χ2v) is 8.03. The van der Waals surface area contributed by atoms with Crippen LogP contribution in [0.3, 0.4) is 0 Å². The van der Waals surface area contributed by atoms with Crippen LogP contribution in [-0.4, -0.2) is 55.9 Å². The lowest BCUT2D eigenvalue weighted by Gasteiger charge is -2.39. The van der Waals surface area contributed by atoms with E-state index in [2.05, 4.69) is 4.74 Å². The Morgan fingerprint density at radius 2 is 1.83 bits per heavy atom. The van der Waals surface area contributed by atoms with Crippen molar-refractivity contribution >= 4 is 33.6 Å². The second-order valence-electron chi connectivity index (χ2n) is 5.62. The van der Waals surface area contributed by atoms with Crippen LogP contribution in [0.1, 0.15) is 5.56 Å². The maximum absolute atomic E-state index is 12.3. The van der Waals surface area contributed by atoms with Gasteiger partial charge in [0.25, 0.3) is 5.91 Å². The molecule has 0 unspecified atom stereocenters. The number of nitrogens with zero attached hydrogens (tertiary/aromatic N) is 2. The first-order valence-corrected chi connectivity index (χ1v) is 9.03. The molecule has 0 saturated carbocycles. The Hall–Kier alpha value is -1.64. The zero-order chi connectivity index (χ0) is 16.6. The van der Waals surface area contributed by atoms with E-state index in [0.717, 1.165) is 4.90 Å². The number of hydrogen-bond donors (Lipinski definition) is 0. The minimum absolute atomic E-state index is 0.0513. The van der Waals surface area contributed by atoms with E-state index in [-0.39, 0.29) is 30.7 Å². The van der Waals surface area contributed by atoms with Gasteiger partial charge in [0.1, 0.15) is 0 Å². The molecule has 23 heavy (non-hydrogen) atoms. The van der Waals surface area contributed by atoms with Crippen LogP contribution in [0.15, 0.2) is 24.3 Å². The molecule has 2 aliphatic rings. The molecule has 7 nitrogen and oxygen atoms in total. The van der Waals surface area contributed by atoms with E-state index in [0.29, 0.717) is 23.7 Å². The first kappa shape index (κ1) is 16.2. The van der Waals surface area contributed by atoms with Gasteiger partial charge in [-0.2, -0.15) is 0 Å². The van der Waals surface area contributed by atoms with Crippen LogP contribution in [0.5, 0.6) is 0 Å². The van der Waals surface area contributed by atoms with Crippen molar-refractivity contribution in [2.45, 2.75) is 5.75 Å². The average molecular weight is 359 g/mol. The molecule has 0 N–H and O–H groups in total. The largest absolute Gasteiger partial charge is 0.439 e. The van der Waals surface area contributed by atoms with Crippen molar-refractivity contribution in [3.63, 3.8) is 0 Å². The molecule has 3 rings (SSSR count). The van der Waals surface area contributed by atoms with Gasteiger partial charge in [0.15, 0.2) is 6.61 Å². The van der Waals surface area contributed by atoms with E-state index in [1.54, 1.807) is 24.3 Å². The summed E-state index contributed by atoms with van der Waals surface area (Å²) >= 11 is 5.78. The number of carbonyl (C=O) groups excluding carboxylic acids is 2. The van der Waals surface area contributed by atoms with Gasteiger partial charge in [0.2, 0.25) is 10.0 Å². The van der Waals surface area contributed by atoms with Gasteiger partial charge in [-0.25, -0.2) is 22.4 Å². The van der Waals surface area contributed by atoms with Crippen molar-refractivity contribution in [3.8, 4) is 0 Å². The lowest BCUT2D eigenvalue weighted by molar-refractivity contribution is -0.126. The molecule has 0 aliphatic carbocycles. The molecular weight excluding hydrogens is 344 g/mol. The maximum Gasteiger partial charge on any atom is 0.417 e. The molecule has 2 fully saturated rings. The van der Waals surface area contributed by atoms with E-state index in [1.165, 1.54) is 4.31 Å². The quantitative estimate of drug-likeness (QED) is 0.786. The predicted octanol–water partition coefficient (Wildman–Crippen LogP) is 1.08. The summed E-state index contributed by atoms with van der Waals surface area (Å²) in [5.74, 6) is -0.524. The number of halogens is 1. The molecular formula is C14H15ClN2O5S. The minimum atomic E-state index is -3.41. The Morgan fingerprint density at radius 3 is 2.39 bits per heavy atom. The lowest BCUT2D eigenvalue weighted by atomic mass is 10.0. The van der Waals surface area contributed by atoms with Gasteiger partial charge in [-0.15, -0.1) is 0 Å². The van der Waals surface area contributed by atoms with E-state index in [1.807, 2.05) is 0 Å². The van der Waals surface area contributed by atoms with Crippen molar-refractivity contribution < 1.29 is 22.7 Å². The zero-order valence-electron chi connectivity index (χ0n) is 12.1. The molecule has 0 spiro atoms. The van der Waals surface area contributed by atoms with Gasteiger partial charge in [-0.3, -0.25) is 4.79 Å². The van der Waals surface area contributed by atoms with Gasteiger partial charge in [-0.05, 0) is 17.7 Å². The van der Waals surface area contributed by atoms with Crippen molar-refractivity contribution in [3.05, 3.63) is 34.9 Å². The van der Waals surface area contributed by atoms with Crippen LogP contribution in [0.25, 0.3) is 0 Å². The number of benzene rings is 1. The van der Waals surface area contributed by atoms with Gasteiger partial charge in [-0.1, -0.05) is 23.7 Å². The first-order chi connectivity index (χ1) is 10.8. The van der Waals surface area contributed by atoms with Crippen LogP contribution < -0.4 is 0 Å². The third kappa shape index (κ3) is 3.49. The summed E-state index contributed by atoms with van der Waals surface area (Å²) in [5.41, 5.74) is 0.663. The number of sulfonamides is 1. The van der Waals surface area contributed by atoms with Crippen molar-refractivity contribution in [1.82, 2.24) is 9.21 Å². The van der Waals surface area contributed by atoms with Gasteiger partial charge in [0, 0.05) is 30.6 Å². The Morgan fingerprint density at radius 1 is 1.17 bits per heavy atom. The summed E-state index contributed by atoms with van der Waals surface area (Å²) in [5, 5.41) is 0.553. The summed E-state index contributed by atoms with van der Waals surface area (Å²) in [6.45, 7) is 0.564. The molecule has 0 aromatic heterocycles. The topological polar surface area (TPSA) is 84.0 Å². The molecule has 1 aromatic rings. The van der Waals surface area contributed by atoms with Crippen LogP contribution in [0.2, 0.25) is 5.02 Å². The minimum Gasteiger partial charge on any atom is -0.439 e. The fourth-order valence-electron chi connectivity index (χ4n) is 2.56. The van der Waals surface area contributed by atoms with E-state index >= 15 is 0 Å². The molecule has 2 amide bonds. The number of rotatable bonds is 5. The predicted molar refractivity (Wildman–Crippen MR) is 82.2 cm³/mol. The molecule has 2 heterocycles. The highest BCUT2D eigenvalue weighted by Crippen LogP contribution is 2.24. The number of hydrogen-bond acceptors (Lipinski definition) is 5. The monoisotopic (exact) mass is 358 g/mol. The van der Waals surface area contributed by atoms with Crippen molar-refractivity contribution in [1.29, 1.82) is 0 Å². The summed E-state index contributed by atoms with van der Waals surface area (Å²) in [6.07, 6.45) is -0.655. The van der Waals surface area contributed by atoms with E-state index in [9.17, 15) is 18.0 Å². The SMILES string of the molecule is O=C1COC(=O)N1CC1CN(S(=O)(=O)Cc2ccc(Cl)cc2)C1. The number of imide groups is 1. The third-order valence-electron chi connectivity index (χ3n) is 3.86. The fourth-order valence-corrected chi connectivity index (χ4v) is 4.36. The van der Waals surface area contributed by atoms with Crippen LogP contribution in [0.4, 0.5) is 4.79 Å². The standard InChI is InChI=1S/C14H15ClN2O5S/c15-12-3-1-10(2-4-12)9-23(20,21)16-5-11(6-16)7-17-13(18)8-22-14(17)19/h1-4,11H,5-9H2. The highest BCUT2D eigenvalue weighted by molar-refractivity contribution is 7.88. The number of amides is 2. The number of ether oxygens (including phenoxy) is 1. The average Bonchev–Trinajstić information content (AvgIpc) is 2.75.